The van der Waals surface area contributed by atoms with Crippen molar-refractivity contribution in [1.82, 2.24) is 9.97 Å². The van der Waals surface area contributed by atoms with Gasteiger partial charge >= 0.3 is 0 Å². The average molecular weight is 277 g/mol. The summed E-state index contributed by atoms with van der Waals surface area (Å²) in [4.78, 5) is 9.77. The molecule has 0 saturated heterocycles. The molecule has 0 aliphatic carbocycles. The molecule has 0 saturated carbocycles. The van der Waals surface area contributed by atoms with Gasteiger partial charge in [-0.2, -0.15) is 0 Å². The zero-order valence-corrected chi connectivity index (χ0v) is 11.3. The molecule has 0 fully saturated rings. The van der Waals surface area contributed by atoms with Crippen LogP contribution in [0.4, 0.5) is 5.13 Å². The van der Waals surface area contributed by atoms with Crippen LogP contribution in [0.25, 0.3) is 10.2 Å². The van der Waals surface area contributed by atoms with Crippen LogP contribution >= 0.6 is 22.7 Å². The van der Waals surface area contributed by atoms with E-state index in [1.165, 1.54) is 4.88 Å². The maximum atomic E-state index is 5.20. The third kappa shape index (κ3) is 2.30. The van der Waals surface area contributed by atoms with Gasteiger partial charge in [0.05, 0.1) is 29.4 Å². The lowest BCUT2D eigenvalue weighted by Gasteiger charge is -1.97. The molecule has 0 bridgehead atoms. The largest absolute Gasteiger partial charge is 0.497 e. The van der Waals surface area contributed by atoms with Crippen LogP contribution in [0.1, 0.15) is 4.88 Å². The Kier molecular flexibility index (Phi) is 3.12. The summed E-state index contributed by atoms with van der Waals surface area (Å²) in [5.41, 5.74) is 2.83. The molecule has 3 aromatic rings. The molecule has 0 radical (unpaired) electrons. The molecular formula is C12H11N3OS2. The highest BCUT2D eigenvalue weighted by Gasteiger charge is 2.05. The second kappa shape index (κ2) is 4.91. The Hall–Kier alpha value is -1.66. The lowest BCUT2D eigenvalue weighted by atomic mass is 10.3. The van der Waals surface area contributed by atoms with Gasteiger partial charge in [-0.25, -0.2) is 4.98 Å². The van der Waals surface area contributed by atoms with E-state index in [9.17, 15) is 0 Å². The zero-order chi connectivity index (χ0) is 12.4. The molecule has 0 unspecified atom stereocenters. The molecule has 6 heteroatoms. The highest BCUT2D eigenvalue weighted by Crippen LogP contribution is 2.29. The fourth-order valence-corrected chi connectivity index (χ4v) is 3.02. The Morgan fingerprint density at radius 3 is 3.11 bits per heavy atom. The van der Waals surface area contributed by atoms with E-state index in [0.717, 1.165) is 27.6 Å². The number of methoxy groups -OCH3 is 1. The molecule has 0 aliphatic rings. The van der Waals surface area contributed by atoms with Gasteiger partial charge in [-0.15, -0.1) is 11.3 Å². The molecule has 0 amide bonds. The lowest BCUT2D eigenvalue weighted by molar-refractivity contribution is 0.415. The van der Waals surface area contributed by atoms with Crippen LogP contribution in [-0.4, -0.2) is 17.1 Å². The molecule has 18 heavy (non-hydrogen) atoms. The minimum Gasteiger partial charge on any atom is -0.497 e. The predicted octanol–water partition coefficient (Wildman–Crippen LogP) is 3.37. The number of nitrogens with one attached hydrogen (secondary N) is 1. The fraction of sp³-hybridized carbons (Fsp3) is 0.167. The molecule has 0 spiro atoms. The standard InChI is InChI=1S/C12H11N3OS2/c1-16-8-2-3-10-11(4-8)18-12(15-10)14-6-9-5-13-7-17-9/h2-5,7H,6H2,1H3,(H,14,15). The van der Waals surface area contributed by atoms with Gasteiger partial charge in [-0.3, -0.25) is 4.98 Å². The number of aromatic nitrogens is 2. The van der Waals surface area contributed by atoms with E-state index in [-0.39, 0.29) is 0 Å². The number of hydrogen-bond acceptors (Lipinski definition) is 6. The van der Waals surface area contributed by atoms with Crippen molar-refractivity contribution < 1.29 is 4.74 Å². The summed E-state index contributed by atoms with van der Waals surface area (Å²) < 4.78 is 6.33. The summed E-state index contributed by atoms with van der Waals surface area (Å²) >= 11 is 3.27. The first-order valence-corrected chi connectivity index (χ1v) is 7.10. The van der Waals surface area contributed by atoms with Gasteiger partial charge in [0.25, 0.3) is 0 Å². The van der Waals surface area contributed by atoms with Crippen molar-refractivity contribution in [2.45, 2.75) is 6.54 Å². The normalized spacial score (nSPS) is 10.7. The van der Waals surface area contributed by atoms with Gasteiger partial charge < -0.3 is 10.1 Å². The van der Waals surface area contributed by atoms with E-state index >= 15 is 0 Å². The number of nitrogens with zero attached hydrogens (tertiary/aromatic N) is 2. The molecule has 92 valence electrons. The Morgan fingerprint density at radius 2 is 2.33 bits per heavy atom. The first kappa shape index (κ1) is 11.4. The van der Waals surface area contributed by atoms with Crippen molar-refractivity contribution in [3.63, 3.8) is 0 Å². The maximum absolute atomic E-state index is 5.20. The SMILES string of the molecule is COc1ccc2nc(NCc3cncs3)sc2c1. The smallest absolute Gasteiger partial charge is 0.184 e. The number of anilines is 1. The van der Waals surface area contributed by atoms with E-state index in [4.69, 9.17) is 4.74 Å². The highest BCUT2D eigenvalue weighted by molar-refractivity contribution is 7.22. The second-order valence-corrected chi connectivity index (χ2v) is 5.68. The van der Waals surface area contributed by atoms with Crippen LogP contribution in [0.2, 0.25) is 0 Å². The van der Waals surface area contributed by atoms with Crippen LogP contribution in [-0.2, 0) is 6.54 Å². The van der Waals surface area contributed by atoms with Gasteiger partial charge in [0.1, 0.15) is 5.75 Å². The van der Waals surface area contributed by atoms with Gasteiger partial charge in [-0.05, 0) is 18.2 Å². The van der Waals surface area contributed by atoms with E-state index in [1.54, 1.807) is 29.8 Å². The minimum atomic E-state index is 0.765. The summed E-state index contributed by atoms with van der Waals surface area (Å²) in [5.74, 6) is 0.861. The third-order valence-corrected chi connectivity index (χ3v) is 4.25. The van der Waals surface area contributed by atoms with Crippen LogP contribution in [0.3, 0.4) is 0 Å². The summed E-state index contributed by atoms with van der Waals surface area (Å²) in [6.07, 6.45) is 1.87. The number of thiazole rings is 2. The fourth-order valence-electron chi connectivity index (χ4n) is 1.60. The van der Waals surface area contributed by atoms with Gasteiger partial charge in [0.2, 0.25) is 0 Å². The molecular weight excluding hydrogens is 266 g/mol. The van der Waals surface area contributed by atoms with E-state index in [2.05, 4.69) is 15.3 Å². The van der Waals surface area contributed by atoms with E-state index in [1.807, 2.05) is 29.9 Å². The first-order chi connectivity index (χ1) is 8.85. The topological polar surface area (TPSA) is 47.0 Å². The molecule has 4 nitrogen and oxygen atoms in total. The Bertz CT molecular complexity index is 648. The number of fused-ring (bicyclic) bond motifs is 1. The molecule has 2 aromatic heterocycles. The molecule has 3 rings (SSSR count). The maximum Gasteiger partial charge on any atom is 0.184 e. The number of hydrogen-bond donors (Lipinski definition) is 1. The second-order valence-electron chi connectivity index (χ2n) is 3.67. The molecule has 1 N–H and O–H groups in total. The molecule has 2 heterocycles. The third-order valence-electron chi connectivity index (χ3n) is 2.49. The van der Waals surface area contributed by atoms with Crippen molar-refractivity contribution in [2.24, 2.45) is 0 Å². The average Bonchev–Trinajstić information content (AvgIpc) is 3.04. The number of ether oxygens (including phenoxy) is 1. The molecule has 0 atom stereocenters. The van der Waals surface area contributed by atoms with Crippen LogP contribution < -0.4 is 10.1 Å². The summed E-state index contributed by atoms with van der Waals surface area (Å²) in [7, 11) is 1.67. The van der Waals surface area contributed by atoms with Crippen molar-refractivity contribution in [2.75, 3.05) is 12.4 Å². The van der Waals surface area contributed by atoms with Gasteiger partial charge in [-0.1, -0.05) is 11.3 Å². The monoisotopic (exact) mass is 277 g/mol. The van der Waals surface area contributed by atoms with Crippen LogP contribution in [0.15, 0.2) is 29.9 Å². The molecule has 0 aliphatic heterocycles. The number of rotatable bonds is 4. The predicted molar refractivity (Wildman–Crippen MR) is 75.6 cm³/mol. The van der Waals surface area contributed by atoms with Gasteiger partial charge in [0, 0.05) is 11.1 Å². The van der Waals surface area contributed by atoms with Crippen molar-refractivity contribution in [3.8, 4) is 5.75 Å². The quantitative estimate of drug-likeness (QED) is 0.794. The molecule has 1 aromatic carbocycles. The lowest BCUT2D eigenvalue weighted by Crippen LogP contribution is -1.96. The minimum absolute atomic E-state index is 0.765. The van der Waals surface area contributed by atoms with E-state index in [0.29, 0.717) is 0 Å². The summed E-state index contributed by atoms with van der Waals surface area (Å²) in [6.45, 7) is 0.765. The summed E-state index contributed by atoms with van der Waals surface area (Å²) in [5, 5.41) is 4.23. The van der Waals surface area contributed by atoms with Gasteiger partial charge in [0.15, 0.2) is 5.13 Å². The highest BCUT2D eigenvalue weighted by atomic mass is 32.1. The summed E-state index contributed by atoms with van der Waals surface area (Å²) in [6, 6.07) is 5.91. The number of benzene rings is 1. The van der Waals surface area contributed by atoms with Crippen LogP contribution in [0, 0.1) is 0 Å². The zero-order valence-electron chi connectivity index (χ0n) is 9.71. The van der Waals surface area contributed by atoms with Crippen molar-refractivity contribution >= 4 is 38.0 Å². The van der Waals surface area contributed by atoms with E-state index < -0.39 is 0 Å². The Balaban J connectivity index is 1.80. The van der Waals surface area contributed by atoms with Crippen LogP contribution in [0.5, 0.6) is 5.75 Å². The van der Waals surface area contributed by atoms with Crippen molar-refractivity contribution in [3.05, 3.63) is 34.8 Å². The van der Waals surface area contributed by atoms with Crippen molar-refractivity contribution in [1.29, 1.82) is 0 Å². The Labute approximate surface area is 112 Å². The first-order valence-electron chi connectivity index (χ1n) is 5.41. The Morgan fingerprint density at radius 1 is 1.39 bits per heavy atom.